The average molecular weight is 827 g/mol. The highest BCUT2D eigenvalue weighted by Gasteiger charge is 2.34. The number of carboxylic acid groups (broad SMARTS) is 1. The Labute approximate surface area is 342 Å². The number of carbonyl (C=O) groups is 6. The Balaban J connectivity index is 1.95. The molecule has 5 amide bonds. The molecule has 0 bridgehead atoms. The third-order valence-electron chi connectivity index (χ3n) is 9.05. The van der Waals surface area contributed by atoms with Crippen molar-refractivity contribution in [1.29, 1.82) is 0 Å². The van der Waals surface area contributed by atoms with Crippen molar-refractivity contribution in [2.45, 2.75) is 82.2 Å². The SMILES string of the molecule is CC(C)[C@H](NC(=O)[C@@H](N)CCS)C(=O)N[C@H](Cc1ccccc1)C(=O)N[C@@H](CCCN=C(N)N)C(=O)N[C@@H](Cc1c[nH]c2ccccc12)C(=O)N[C@@H](CS)C(=O)O. The number of aromatic nitrogens is 1. The van der Waals surface area contributed by atoms with Crippen LogP contribution in [0.5, 0.6) is 0 Å². The molecule has 57 heavy (non-hydrogen) atoms. The van der Waals surface area contributed by atoms with E-state index in [4.69, 9.17) is 17.2 Å². The van der Waals surface area contributed by atoms with Crippen LogP contribution in [0.15, 0.2) is 65.8 Å². The van der Waals surface area contributed by atoms with Gasteiger partial charge in [-0.25, -0.2) is 4.79 Å². The zero-order valence-electron chi connectivity index (χ0n) is 31.9. The van der Waals surface area contributed by atoms with Gasteiger partial charge in [0.25, 0.3) is 0 Å². The van der Waals surface area contributed by atoms with Crippen LogP contribution in [-0.2, 0) is 41.6 Å². The van der Waals surface area contributed by atoms with Gasteiger partial charge in [0.1, 0.15) is 30.2 Å². The van der Waals surface area contributed by atoms with Gasteiger partial charge in [-0.1, -0.05) is 62.4 Å². The number of carboxylic acids is 1. The maximum atomic E-state index is 14.2. The van der Waals surface area contributed by atoms with Crippen molar-refractivity contribution in [2.75, 3.05) is 18.1 Å². The van der Waals surface area contributed by atoms with E-state index >= 15 is 0 Å². The Morgan fingerprint density at radius 2 is 1.32 bits per heavy atom. The van der Waals surface area contributed by atoms with Crippen molar-refractivity contribution >= 4 is 77.6 Å². The number of benzene rings is 2. The molecular formula is C38H54N10O7S2. The number of nitrogens with one attached hydrogen (secondary N) is 6. The van der Waals surface area contributed by atoms with Crippen LogP contribution >= 0.6 is 25.3 Å². The van der Waals surface area contributed by atoms with E-state index in [1.54, 1.807) is 50.4 Å². The summed E-state index contributed by atoms with van der Waals surface area (Å²) in [6.45, 7) is 3.57. The van der Waals surface area contributed by atoms with E-state index in [0.29, 0.717) is 16.9 Å². The number of hydrogen-bond acceptors (Lipinski definition) is 10. The Morgan fingerprint density at radius 3 is 1.93 bits per heavy atom. The van der Waals surface area contributed by atoms with E-state index in [2.05, 4.69) is 61.8 Å². The Morgan fingerprint density at radius 1 is 0.737 bits per heavy atom. The number of aromatic amines is 1. The molecule has 310 valence electrons. The van der Waals surface area contributed by atoms with E-state index < -0.39 is 77.7 Å². The van der Waals surface area contributed by atoms with Gasteiger partial charge in [0.05, 0.1) is 6.04 Å². The predicted molar refractivity (Wildman–Crippen MR) is 224 cm³/mol. The lowest BCUT2D eigenvalue weighted by Gasteiger charge is -2.28. The first-order valence-corrected chi connectivity index (χ1v) is 19.8. The third-order valence-corrected chi connectivity index (χ3v) is 9.67. The minimum Gasteiger partial charge on any atom is -0.480 e. The van der Waals surface area contributed by atoms with E-state index in [1.807, 2.05) is 24.3 Å². The number of H-pyrrole nitrogens is 1. The summed E-state index contributed by atoms with van der Waals surface area (Å²) in [5.74, 6) is -5.20. The molecule has 0 saturated carbocycles. The lowest BCUT2D eigenvalue weighted by atomic mass is 10.00. The predicted octanol–water partition coefficient (Wildman–Crippen LogP) is -0.252. The monoisotopic (exact) mass is 826 g/mol. The Hall–Kier alpha value is -5.27. The number of amides is 5. The minimum absolute atomic E-state index is 0.00385. The van der Waals surface area contributed by atoms with Crippen molar-refractivity contribution in [3.63, 3.8) is 0 Å². The number of aliphatic imine (C=N–C) groups is 1. The maximum Gasteiger partial charge on any atom is 0.327 e. The molecule has 17 nitrogen and oxygen atoms in total. The van der Waals surface area contributed by atoms with E-state index in [-0.39, 0.29) is 50.4 Å². The number of carbonyl (C=O) groups excluding carboxylic acids is 5. The fourth-order valence-corrected chi connectivity index (χ4v) is 6.42. The average Bonchev–Trinajstić information content (AvgIpc) is 3.58. The quantitative estimate of drug-likeness (QED) is 0.0258. The van der Waals surface area contributed by atoms with Crippen LogP contribution in [0.4, 0.5) is 0 Å². The van der Waals surface area contributed by atoms with Crippen LogP contribution in [0.3, 0.4) is 0 Å². The molecule has 0 spiro atoms. The lowest BCUT2D eigenvalue weighted by molar-refractivity contribution is -0.141. The molecule has 1 heterocycles. The highest BCUT2D eigenvalue weighted by atomic mass is 32.1. The summed E-state index contributed by atoms with van der Waals surface area (Å²) in [5, 5.41) is 23.7. The van der Waals surface area contributed by atoms with Gasteiger partial charge >= 0.3 is 5.97 Å². The van der Waals surface area contributed by atoms with Crippen molar-refractivity contribution < 1.29 is 33.9 Å². The molecule has 0 radical (unpaired) electrons. The largest absolute Gasteiger partial charge is 0.480 e. The van der Waals surface area contributed by atoms with Gasteiger partial charge < -0.3 is 53.9 Å². The molecule has 0 aliphatic heterocycles. The number of fused-ring (bicyclic) bond motifs is 1. The second-order valence-corrected chi connectivity index (χ2v) is 14.6. The molecule has 1 aromatic heterocycles. The molecule has 2 aromatic carbocycles. The topological polar surface area (TPSA) is 289 Å². The molecule has 19 heteroatoms. The third kappa shape index (κ3) is 14.6. The number of rotatable bonds is 23. The van der Waals surface area contributed by atoms with E-state index in [9.17, 15) is 33.9 Å². The maximum absolute atomic E-state index is 14.2. The Kier molecular flexibility index (Phi) is 18.7. The molecule has 3 rings (SSSR count). The van der Waals surface area contributed by atoms with Gasteiger partial charge in [0, 0.05) is 42.2 Å². The summed E-state index contributed by atoms with van der Waals surface area (Å²) < 4.78 is 0. The molecular weight excluding hydrogens is 773 g/mol. The van der Waals surface area contributed by atoms with Crippen molar-refractivity contribution in [1.82, 2.24) is 31.6 Å². The zero-order chi connectivity index (χ0) is 42.1. The van der Waals surface area contributed by atoms with Crippen LogP contribution in [0.25, 0.3) is 10.9 Å². The number of para-hydroxylation sites is 1. The highest BCUT2D eigenvalue weighted by molar-refractivity contribution is 7.80. The van der Waals surface area contributed by atoms with Crippen LogP contribution in [0.2, 0.25) is 0 Å². The highest BCUT2D eigenvalue weighted by Crippen LogP contribution is 2.20. The summed E-state index contributed by atoms with van der Waals surface area (Å²) in [4.78, 5) is 87.4. The number of aliphatic carboxylic acids is 1. The number of thiol groups is 2. The standard InChI is InChI=1S/C38H54N10O7S2/c1-21(2)31(48-32(49)25(39)14-16-56)36(53)46-28(17-22-9-4-3-5-10-22)34(51)44-27(13-8-15-42-38(40)41)33(50)45-29(35(52)47-30(20-57)37(54)55)18-23-19-43-26-12-7-6-11-24(23)26/h3-7,9-12,19,21,25,27-31,43,56-57H,8,13-18,20,39H2,1-2H3,(H,44,51)(H,45,50)(H,46,53)(H,47,52)(H,48,49)(H,54,55)(H4,40,41,42)/t25-,27-,28+,29-,30-,31-/m0/s1. The van der Waals surface area contributed by atoms with Gasteiger partial charge in [0.15, 0.2) is 5.96 Å². The van der Waals surface area contributed by atoms with E-state index in [0.717, 1.165) is 10.9 Å². The second kappa shape index (κ2) is 23.1. The van der Waals surface area contributed by atoms with Crippen LogP contribution in [0, 0.1) is 5.92 Å². The molecule has 0 aliphatic carbocycles. The number of hydrogen-bond donors (Lipinski definition) is 12. The van der Waals surface area contributed by atoms with Crippen LogP contribution < -0.4 is 43.8 Å². The molecule has 0 aliphatic rings. The number of nitrogens with zero attached hydrogens (tertiary/aromatic N) is 1. The van der Waals surface area contributed by atoms with Crippen molar-refractivity contribution in [3.8, 4) is 0 Å². The first-order chi connectivity index (χ1) is 27.1. The van der Waals surface area contributed by atoms with Crippen molar-refractivity contribution in [2.24, 2.45) is 28.1 Å². The molecule has 3 aromatic rings. The normalized spacial score (nSPS) is 14.3. The molecule has 0 unspecified atom stereocenters. The zero-order valence-corrected chi connectivity index (χ0v) is 33.7. The molecule has 0 saturated heterocycles. The van der Waals surface area contributed by atoms with Crippen LogP contribution in [0.1, 0.15) is 44.2 Å². The van der Waals surface area contributed by atoms with E-state index in [1.165, 1.54) is 0 Å². The fourth-order valence-electron chi connectivity index (χ4n) is 5.89. The van der Waals surface area contributed by atoms with Gasteiger partial charge in [-0.3, -0.25) is 29.0 Å². The Bertz CT molecular complexity index is 1860. The van der Waals surface area contributed by atoms with Gasteiger partial charge in [-0.05, 0) is 48.1 Å². The molecule has 13 N–H and O–H groups in total. The van der Waals surface area contributed by atoms with Gasteiger partial charge in [-0.2, -0.15) is 25.3 Å². The number of guanidine groups is 1. The lowest BCUT2D eigenvalue weighted by Crippen LogP contribution is -2.60. The summed E-state index contributed by atoms with van der Waals surface area (Å²) in [7, 11) is 0. The summed E-state index contributed by atoms with van der Waals surface area (Å²) in [6.07, 6.45) is 2.18. The molecule has 6 atom stereocenters. The van der Waals surface area contributed by atoms with Gasteiger partial charge in [0.2, 0.25) is 29.5 Å². The van der Waals surface area contributed by atoms with Crippen LogP contribution in [-0.4, -0.2) is 106 Å². The number of nitrogens with two attached hydrogens (primary N) is 3. The van der Waals surface area contributed by atoms with Gasteiger partial charge in [-0.15, -0.1) is 0 Å². The smallest absolute Gasteiger partial charge is 0.327 e. The van der Waals surface area contributed by atoms with Crippen molar-refractivity contribution in [3.05, 3.63) is 71.9 Å². The fraction of sp³-hybridized carbons (Fsp3) is 0.447. The first-order valence-electron chi connectivity index (χ1n) is 18.5. The minimum atomic E-state index is -1.35. The molecule has 0 fully saturated rings. The summed E-state index contributed by atoms with van der Waals surface area (Å²) in [5.41, 5.74) is 19.1. The second-order valence-electron chi connectivity index (χ2n) is 13.8. The summed E-state index contributed by atoms with van der Waals surface area (Å²) in [6, 6.07) is 9.12. The first kappa shape index (κ1) is 46.1. The summed E-state index contributed by atoms with van der Waals surface area (Å²) >= 11 is 8.18.